The van der Waals surface area contributed by atoms with Gasteiger partial charge < -0.3 is 10.4 Å². The maximum Gasteiger partial charge on any atom is 0.305 e. The molecule has 0 spiro atoms. The molecule has 1 aliphatic carbocycles. The first-order chi connectivity index (χ1) is 7.18. The van der Waals surface area contributed by atoms with Crippen LogP contribution >= 0.6 is 0 Å². The Morgan fingerprint density at radius 1 is 1.20 bits per heavy atom. The van der Waals surface area contributed by atoms with Gasteiger partial charge in [-0.05, 0) is 18.8 Å². The fourth-order valence-corrected chi connectivity index (χ4v) is 2.03. The van der Waals surface area contributed by atoms with Crippen LogP contribution in [0.5, 0.6) is 0 Å². The van der Waals surface area contributed by atoms with Gasteiger partial charge in [-0.1, -0.05) is 19.3 Å². The minimum absolute atomic E-state index is 0.00292. The number of carbonyl (C=O) groups is 2. The molecule has 0 aromatic rings. The van der Waals surface area contributed by atoms with Crippen LogP contribution in [0.2, 0.25) is 0 Å². The first-order valence-corrected chi connectivity index (χ1v) is 5.67. The first kappa shape index (κ1) is 12.0. The van der Waals surface area contributed by atoms with E-state index in [9.17, 15) is 9.59 Å². The zero-order chi connectivity index (χ0) is 11.1. The zero-order valence-electron chi connectivity index (χ0n) is 9.00. The Kier molecular flexibility index (Phi) is 5.15. The van der Waals surface area contributed by atoms with E-state index < -0.39 is 5.97 Å². The highest BCUT2D eigenvalue weighted by molar-refractivity contribution is 5.77. The van der Waals surface area contributed by atoms with Crippen LogP contribution in [-0.4, -0.2) is 23.5 Å². The minimum Gasteiger partial charge on any atom is -0.481 e. The summed E-state index contributed by atoms with van der Waals surface area (Å²) in [5.74, 6) is -0.348. The molecule has 4 heteroatoms. The molecule has 1 aliphatic rings. The highest BCUT2D eigenvalue weighted by Gasteiger charge is 2.16. The van der Waals surface area contributed by atoms with Crippen LogP contribution in [0.1, 0.15) is 44.9 Å². The van der Waals surface area contributed by atoms with Crippen LogP contribution < -0.4 is 5.32 Å². The van der Waals surface area contributed by atoms with E-state index in [0.29, 0.717) is 12.3 Å². The number of carboxylic acids is 1. The molecule has 0 atom stereocenters. The quantitative estimate of drug-likeness (QED) is 0.728. The molecule has 4 nitrogen and oxygen atoms in total. The Morgan fingerprint density at radius 3 is 2.47 bits per heavy atom. The molecule has 0 aromatic heterocycles. The van der Waals surface area contributed by atoms with Crippen LogP contribution in [0.4, 0.5) is 0 Å². The molecule has 1 saturated carbocycles. The molecule has 0 unspecified atom stereocenters. The number of hydrogen-bond acceptors (Lipinski definition) is 2. The standard InChI is InChI=1S/C11H19NO3/c13-10(12-7-6-11(14)15)8-9-4-2-1-3-5-9/h9H,1-8H2,(H,12,13)(H,14,15). The lowest BCUT2D eigenvalue weighted by Gasteiger charge is -2.20. The molecule has 0 saturated heterocycles. The van der Waals surface area contributed by atoms with Gasteiger partial charge >= 0.3 is 5.97 Å². The van der Waals surface area contributed by atoms with Gasteiger partial charge in [0.1, 0.15) is 0 Å². The third-order valence-electron chi connectivity index (χ3n) is 2.86. The average molecular weight is 213 g/mol. The van der Waals surface area contributed by atoms with Gasteiger partial charge in [0, 0.05) is 13.0 Å². The monoisotopic (exact) mass is 213 g/mol. The average Bonchev–Trinajstić information content (AvgIpc) is 2.18. The van der Waals surface area contributed by atoms with Crippen LogP contribution in [-0.2, 0) is 9.59 Å². The SMILES string of the molecule is O=C(O)CCNC(=O)CC1CCCCC1. The number of rotatable bonds is 5. The Bertz CT molecular complexity index is 222. The van der Waals surface area contributed by atoms with Crippen LogP contribution in [0, 0.1) is 5.92 Å². The summed E-state index contributed by atoms with van der Waals surface area (Å²) < 4.78 is 0. The summed E-state index contributed by atoms with van der Waals surface area (Å²) in [7, 11) is 0. The maximum absolute atomic E-state index is 11.4. The topological polar surface area (TPSA) is 66.4 Å². The normalized spacial score (nSPS) is 17.3. The van der Waals surface area contributed by atoms with E-state index in [-0.39, 0.29) is 18.9 Å². The lowest BCUT2D eigenvalue weighted by atomic mass is 9.87. The fraction of sp³-hybridized carbons (Fsp3) is 0.818. The second-order valence-electron chi connectivity index (χ2n) is 4.20. The molecule has 15 heavy (non-hydrogen) atoms. The van der Waals surface area contributed by atoms with Crippen molar-refractivity contribution in [3.05, 3.63) is 0 Å². The highest BCUT2D eigenvalue weighted by Crippen LogP contribution is 2.25. The molecule has 0 heterocycles. The highest BCUT2D eigenvalue weighted by atomic mass is 16.4. The molecule has 0 radical (unpaired) electrons. The van der Waals surface area contributed by atoms with Gasteiger partial charge in [0.25, 0.3) is 0 Å². The summed E-state index contributed by atoms with van der Waals surface area (Å²) in [5, 5.41) is 11.0. The number of nitrogens with one attached hydrogen (secondary N) is 1. The van der Waals surface area contributed by atoms with E-state index in [1.54, 1.807) is 0 Å². The van der Waals surface area contributed by atoms with Gasteiger partial charge in [-0.3, -0.25) is 9.59 Å². The summed E-state index contributed by atoms with van der Waals surface area (Å²) in [5.41, 5.74) is 0. The summed E-state index contributed by atoms with van der Waals surface area (Å²) in [6.45, 7) is 0.251. The third-order valence-corrected chi connectivity index (χ3v) is 2.86. The molecule has 0 bridgehead atoms. The van der Waals surface area contributed by atoms with E-state index in [1.807, 2.05) is 0 Å². The number of amides is 1. The van der Waals surface area contributed by atoms with Crippen molar-refractivity contribution in [2.75, 3.05) is 6.54 Å². The molecule has 1 rings (SSSR count). The molecule has 86 valence electrons. The molecule has 1 amide bonds. The van der Waals surface area contributed by atoms with Crippen molar-refractivity contribution in [1.82, 2.24) is 5.32 Å². The van der Waals surface area contributed by atoms with Crippen molar-refractivity contribution in [2.45, 2.75) is 44.9 Å². The predicted octanol–water partition coefficient (Wildman–Crippen LogP) is 1.55. The van der Waals surface area contributed by atoms with Crippen LogP contribution in [0.15, 0.2) is 0 Å². The van der Waals surface area contributed by atoms with Gasteiger partial charge in [0.05, 0.1) is 6.42 Å². The number of carbonyl (C=O) groups excluding carboxylic acids is 1. The zero-order valence-corrected chi connectivity index (χ0v) is 9.00. The molecular formula is C11H19NO3. The van der Waals surface area contributed by atoms with Gasteiger partial charge in [-0.15, -0.1) is 0 Å². The van der Waals surface area contributed by atoms with E-state index >= 15 is 0 Å². The Morgan fingerprint density at radius 2 is 1.87 bits per heavy atom. The van der Waals surface area contributed by atoms with Crippen molar-refractivity contribution in [3.63, 3.8) is 0 Å². The smallest absolute Gasteiger partial charge is 0.305 e. The Labute approximate surface area is 90.0 Å². The largest absolute Gasteiger partial charge is 0.481 e. The van der Waals surface area contributed by atoms with Gasteiger partial charge in [0.15, 0.2) is 0 Å². The van der Waals surface area contributed by atoms with Crippen molar-refractivity contribution in [1.29, 1.82) is 0 Å². The molecule has 2 N–H and O–H groups in total. The summed E-state index contributed by atoms with van der Waals surface area (Å²) in [6.07, 6.45) is 6.62. The summed E-state index contributed by atoms with van der Waals surface area (Å²) in [4.78, 5) is 21.6. The molecule has 1 fully saturated rings. The van der Waals surface area contributed by atoms with E-state index in [1.165, 1.54) is 19.3 Å². The third kappa shape index (κ3) is 5.40. The molecule has 0 aliphatic heterocycles. The van der Waals surface area contributed by atoms with Crippen LogP contribution in [0.3, 0.4) is 0 Å². The minimum atomic E-state index is -0.868. The molecule has 0 aromatic carbocycles. The van der Waals surface area contributed by atoms with Gasteiger partial charge in [-0.2, -0.15) is 0 Å². The van der Waals surface area contributed by atoms with E-state index in [4.69, 9.17) is 5.11 Å². The lowest BCUT2D eigenvalue weighted by molar-refractivity contribution is -0.136. The van der Waals surface area contributed by atoms with Crippen LogP contribution in [0.25, 0.3) is 0 Å². The fourth-order valence-electron chi connectivity index (χ4n) is 2.03. The lowest BCUT2D eigenvalue weighted by Crippen LogP contribution is -2.28. The predicted molar refractivity (Wildman–Crippen MR) is 56.5 cm³/mol. The second-order valence-corrected chi connectivity index (χ2v) is 4.20. The van der Waals surface area contributed by atoms with E-state index in [0.717, 1.165) is 12.8 Å². The van der Waals surface area contributed by atoms with E-state index in [2.05, 4.69) is 5.32 Å². The van der Waals surface area contributed by atoms with Gasteiger partial charge in [-0.25, -0.2) is 0 Å². The van der Waals surface area contributed by atoms with Gasteiger partial charge in [0.2, 0.25) is 5.91 Å². The van der Waals surface area contributed by atoms with Crippen molar-refractivity contribution < 1.29 is 14.7 Å². The number of hydrogen-bond donors (Lipinski definition) is 2. The van der Waals surface area contributed by atoms with Crippen molar-refractivity contribution in [3.8, 4) is 0 Å². The number of aliphatic carboxylic acids is 1. The maximum atomic E-state index is 11.4. The first-order valence-electron chi connectivity index (χ1n) is 5.67. The second kappa shape index (κ2) is 6.43. The molecular weight excluding hydrogens is 194 g/mol. The van der Waals surface area contributed by atoms with Crippen molar-refractivity contribution >= 4 is 11.9 Å². The Balaban J connectivity index is 2.09. The van der Waals surface area contributed by atoms with Crippen molar-refractivity contribution in [2.24, 2.45) is 5.92 Å². The summed E-state index contributed by atoms with van der Waals surface area (Å²) in [6, 6.07) is 0. The number of carboxylic acid groups (broad SMARTS) is 1. The summed E-state index contributed by atoms with van der Waals surface area (Å²) >= 11 is 0. The Hall–Kier alpha value is -1.06.